The lowest BCUT2D eigenvalue weighted by Gasteiger charge is -2.15. The van der Waals surface area contributed by atoms with Gasteiger partial charge in [-0.15, -0.1) is 0 Å². The number of carboxylic acid groups (broad SMARTS) is 1. The number of anilines is 1. The fraction of sp³-hybridized carbons (Fsp3) is 0.429. The molecule has 2 unspecified atom stereocenters. The molecule has 19 heavy (non-hydrogen) atoms. The van der Waals surface area contributed by atoms with Crippen molar-refractivity contribution in [3.8, 4) is 0 Å². The first kappa shape index (κ1) is 12.4. The molecule has 0 saturated heterocycles. The van der Waals surface area contributed by atoms with Crippen molar-refractivity contribution < 1.29 is 9.90 Å². The van der Waals surface area contributed by atoms with Gasteiger partial charge in [-0.25, -0.2) is 4.98 Å². The zero-order valence-corrected chi connectivity index (χ0v) is 11.3. The van der Waals surface area contributed by atoms with Gasteiger partial charge in [0, 0.05) is 6.54 Å². The second kappa shape index (κ2) is 5.17. The van der Waals surface area contributed by atoms with E-state index in [-0.39, 0.29) is 11.8 Å². The van der Waals surface area contributed by atoms with Gasteiger partial charge in [0.25, 0.3) is 0 Å². The number of hydrogen-bond donors (Lipinski definition) is 2. The van der Waals surface area contributed by atoms with Crippen LogP contribution < -0.4 is 5.32 Å². The third kappa shape index (κ3) is 2.56. The molecule has 3 rings (SSSR count). The van der Waals surface area contributed by atoms with Crippen molar-refractivity contribution in [3.63, 3.8) is 0 Å². The molecule has 2 atom stereocenters. The lowest BCUT2D eigenvalue weighted by molar-refractivity contribution is -0.142. The number of para-hydroxylation sites is 1. The van der Waals surface area contributed by atoms with Crippen LogP contribution in [0.15, 0.2) is 24.3 Å². The van der Waals surface area contributed by atoms with Crippen molar-refractivity contribution in [1.29, 1.82) is 0 Å². The maximum absolute atomic E-state index is 11.1. The summed E-state index contributed by atoms with van der Waals surface area (Å²) in [5.74, 6) is -0.625. The number of carboxylic acids is 1. The van der Waals surface area contributed by atoms with Crippen LogP contribution in [-0.4, -0.2) is 22.6 Å². The summed E-state index contributed by atoms with van der Waals surface area (Å²) in [5, 5.41) is 13.3. The van der Waals surface area contributed by atoms with Crippen LogP contribution >= 0.6 is 11.3 Å². The van der Waals surface area contributed by atoms with E-state index in [1.165, 1.54) is 0 Å². The zero-order chi connectivity index (χ0) is 13.2. The molecule has 0 aliphatic heterocycles. The minimum absolute atomic E-state index is 0.193. The van der Waals surface area contributed by atoms with Gasteiger partial charge in [0.1, 0.15) is 0 Å². The minimum Gasteiger partial charge on any atom is -0.481 e. The minimum atomic E-state index is -0.659. The van der Waals surface area contributed by atoms with Gasteiger partial charge in [0.2, 0.25) is 0 Å². The van der Waals surface area contributed by atoms with Crippen LogP contribution in [0.1, 0.15) is 19.3 Å². The highest BCUT2D eigenvalue weighted by molar-refractivity contribution is 7.22. The summed E-state index contributed by atoms with van der Waals surface area (Å²) in [7, 11) is 0. The number of fused-ring (bicyclic) bond motifs is 1. The summed E-state index contributed by atoms with van der Waals surface area (Å²) >= 11 is 1.62. The largest absolute Gasteiger partial charge is 0.481 e. The van der Waals surface area contributed by atoms with Gasteiger partial charge in [-0.2, -0.15) is 0 Å². The molecular weight excluding hydrogens is 260 g/mol. The Labute approximate surface area is 115 Å². The molecule has 1 fully saturated rings. The number of thiazole rings is 1. The van der Waals surface area contributed by atoms with Crippen molar-refractivity contribution >= 4 is 32.7 Å². The molecule has 5 heteroatoms. The first-order chi connectivity index (χ1) is 9.24. The average Bonchev–Trinajstić information content (AvgIpc) is 3.02. The summed E-state index contributed by atoms with van der Waals surface area (Å²) in [6.07, 6.45) is 2.82. The van der Waals surface area contributed by atoms with Gasteiger partial charge in [-0.1, -0.05) is 29.9 Å². The number of hydrogen-bond acceptors (Lipinski definition) is 4. The van der Waals surface area contributed by atoms with E-state index >= 15 is 0 Å². The van der Waals surface area contributed by atoms with Gasteiger partial charge < -0.3 is 10.4 Å². The molecule has 0 bridgehead atoms. The summed E-state index contributed by atoms with van der Waals surface area (Å²) in [6, 6.07) is 8.02. The van der Waals surface area contributed by atoms with Gasteiger partial charge >= 0.3 is 5.97 Å². The van der Waals surface area contributed by atoms with E-state index in [2.05, 4.69) is 10.3 Å². The van der Waals surface area contributed by atoms with Crippen molar-refractivity contribution in [2.24, 2.45) is 11.8 Å². The van der Waals surface area contributed by atoms with Crippen molar-refractivity contribution in [3.05, 3.63) is 24.3 Å². The highest BCUT2D eigenvalue weighted by atomic mass is 32.1. The predicted molar refractivity (Wildman–Crippen MR) is 76.6 cm³/mol. The third-order valence-electron chi connectivity index (χ3n) is 3.79. The van der Waals surface area contributed by atoms with E-state index in [4.69, 9.17) is 5.11 Å². The van der Waals surface area contributed by atoms with Crippen molar-refractivity contribution in [2.45, 2.75) is 19.3 Å². The number of carbonyl (C=O) groups is 1. The molecule has 1 aliphatic rings. The maximum Gasteiger partial charge on any atom is 0.306 e. The Kier molecular flexibility index (Phi) is 3.38. The normalized spacial score (nSPS) is 22.7. The first-order valence-electron chi connectivity index (χ1n) is 6.56. The molecule has 0 radical (unpaired) electrons. The molecule has 100 valence electrons. The summed E-state index contributed by atoms with van der Waals surface area (Å²) < 4.78 is 1.16. The fourth-order valence-corrected chi connectivity index (χ4v) is 3.65. The number of nitrogens with zero attached hydrogens (tertiary/aromatic N) is 1. The highest BCUT2D eigenvalue weighted by Gasteiger charge is 2.32. The fourth-order valence-electron chi connectivity index (χ4n) is 2.77. The SMILES string of the molecule is O=C(O)C1CCCC1CNc1nc2ccccc2s1. The topological polar surface area (TPSA) is 62.2 Å². The van der Waals surface area contributed by atoms with E-state index in [0.717, 1.165) is 34.6 Å². The van der Waals surface area contributed by atoms with Crippen molar-refractivity contribution in [2.75, 3.05) is 11.9 Å². The summed E-state index contributed by atoms with van der Waals surface area (Å²) in [5.41, 5.74) is 0.996. The number of aromatic nitrogens is 1. The lowest BCUT2D eigenvalue weighted by atomic mass is 9.96. The second-order valence-electron chi connectivity index (χ2n) is 5.00. The Morgan fingerprint density at radius 1 is 1.42 bits per heavy atom. The molecule has 1 aromatic heterocycles. The Balaban J connectivity index is 1.67. The Morgan fingerprint density at radius 2 is 2.26 bits per heavy atom. The maximum atomic E-state index is 11.1. The van der Waals surface area contributed by atoms with Gasteiger partial charge in [0.05, 0.1) is 16.1 Å². The highest BCUT2D eigenvalue weighted by Crippen LogP contribution is 2.33. The number of benzene rings is 1. The van der Waals surface area contributed by atoms with E-state index in [9.17, 15) is 4.79 Å². The van der Waals surface area contributed by atoms with Crippen LogP contribution in [0.3, 0.4) is 0 Å². The van der Waals surface area contributed by atoms with Gasteiger partial charge in [-0.05, 0) is 30.9 Å². The quantitative estimate of drug-likeness (QED) is 0.900. The predicted octanol–water partition coefficient (Wildman–Crippen LogP) is 3.21. The van der Waals surface area contributed by atoms with Gasteiger partial charge in [-0.3, -0.25) is 4.79 Å². The molecular formula is C14H16N2O2S. The molecule has 2 aromatic rings. The van der Waals surface area contributed by atoms with E-state index in [1.54, 1.807) is 11.3 Å². The van der Waals surface area contributed by atoms with Crippen LogP contribution in [-0.2, 0) is 4.79 Å². The summed E-state index contributed by atoms with van der Waals surface area (Å²) in [6.45, 7) is 0.705. The van der Waals surface area contributed by atoms with E-state index < -0.39 is 5.97 Å². The second-order valence-corrected chi connectivity index (χ2v) is 6.03. The Morgan fingerprint density at radius 3 is 3.05 bits per heavy atom. The first-order valence-corrected chi connectivity index (χ1v) is 7.38. The van der Waals surface area contributed by atoms with Crippen LogP contribution in [0.5, 0.6) is 0 Å². The zero-order valence-electron chi connectivity index (χ0n) is 10.5. The van der Waals surface area contributed by atoms with Crippen LogP contribution in [0, 0.1) is 11.8 Å². The standard InChI is InChI=1S/C14H16N2O2S/c17-13(18)10-5-3-4-9(10)8-15-14-16-11-6-1-2-7-12(11)19-14/h1-2,6-7,9-10H,3-5,8H2,(H,15,16)(H,17,18). The van der Waals surface area contributed by atoms with Gasteiger partial charge in [0.15, 0.2) is 5.13 Å². The molecule has 2 N–H and O–H groups in total. The number of nitrogens with one attached hydrogen (secondary N) is 1. The molecule has 4 nitrogen and oxygen atoms in total. The number of aliphatic carboxylic acids is 1. The molecule has 1 aliphatic carbocycles. The molecule has 0 amide bonds. The van der Waals surface area contributed by atoms with Crippen LogP contribution in [0.25, 0.3) is 10.2 Å². The molecule has 0 spiro atoms. The smallest absolute Gasteiger partial charge is 0.306 e. The third-order valence-corrected chi connectivity index (χ3v) is 4.78. The molecule has 1 aromatic carbocycles. The van der Waals surface area contributed by atoms with Crippen molar-refractivity contribution in [1.82, 2.24) is 4.98 Å². The monoisotopic (exact) mass is 276 g/mol. The number of rotatable bonds is 4. The Bertz CT molecular complexity index is 563. The lowest BCUT2D eigenvalue weighted by Crippen LogP contribution is -2.24. The molecule has 1 saturated carbocycles. The van der Waals surface area contributed by atoms with E-state index in [0.29, 0.717) is 6.54 Å². The van der Waals surface area contributed by atoms with Crippen LogP contribution in [0.4, 0.5) is 5.13 Å². The van der Waals surface area contributed by atoms with E-state index in [1.807, 2.05) is 24.3 Å². The van der Waals surface area contributed by atoms with Crippen LogP contribution in [0.2, 0.25) is 0 Å². The average molecular weight is 276 g/mol. The molecule has 1 heterocycles. The summed E-state index contributed by atoms with van der Waals surface area (Å²) in [4.78, 5) is 15.6. The Hall–Kier alpha value is -1.62.